The number of ether oxygens (including phenoxy) is 1. The van der Waals surface area contributed by atoms with Crippen molar-refractivity contribution in [3.05, 3.63) is 46.9 Å². The van der Waals surface area contributed by atoms with Crippen molar-refractivity contribution in [3.63, 3.8) is 0 Å². The first-order chi connectivity index (χ1) is 13.7. The van der Waals surface area contributed by atoms with E-state index in [1.54, 1.807) is 0 Å². The molecule has 1 saturated carbocycles. The molecule has 0 atom stereocenters. The van der Waals surface area contributed by atoms with E-state index in [-0.39, 0.29) is 0 Å². The standard InChI is InChI=1S/C23H27BrN2O2/c1-26(19-10-11-19)14-4-2-3-5-15-27-20-12-13-21-22(16-20)28-25-23(21)17-6-8-18(24)9-7-17/h6-9,12-13,16,19H,2-5,10-11,14-15H2,1H3. The number of unbranched alkanes of at least 4 members (excludes halogenated alkanes) is 3. The summed E-state index contributed by atoms with van der Waals surface area (Å²) in [7, 11) is 2.25. The quantitative estimate of drug-likeness (QED) is 0.345. The lowest BCUT2D eigenvalue weighted by molar-refractivity contribution is 0.293. The average Bonchev–Trinajstić information content (AvgIpc) is 3.48. The average molecular weight is 443 g/mol. The Kier molecular flexibility index (Phi) is 6.33. The first-order valence-corrected chi connectivity index (χ1v) is 11.0. The molecule has 2 aromatic carbocycles. The van der Waals surface area contributed by atoms with Crippen LogP contribution in [0.4, 0.5) is 0 Å². The van der Waals surface area contributed by atoms with Crippen molar-refractivity contribution in [2.75, 3.05) is 20.2 Å². The third-order valence-corrected chi connectivity index (χ3v) is 5.93. The molecule has 0 unspecified atom stereocenters. The molecule has 0 bridgehead atoms. The van der Waals surface area contributed by atoms with Gasteiger partial charge in [-0.05, 0) is 63.5 Å². The van der Waals surface area contributed by atoms with Gasteiger partial charge >= 0.3 is 0 Å². The molecule has 148 valence electrons. The molecule has 1 heterocycles. The Morgan fingerprint density at radius 1 is 1.07 bits per heavy atom. The van der Waals surface area contributed by atoms with E-state index in [1.165, 1.54) is 38.6 Å². The van der Waals surface area contributed by atoms with Gasteiger partial charge < -0.3 is 14.2 Å². The number of hydrogen-bond donors (Lipinski definition) is 0. The molecular formula is C23H27BrN2O2. The Balaban J connectivity index is 1.24. The van der Waals surface area contributed by atoms with Crippen molar-refractivity contribution < 1.29 is 9.26 Å². The minimum Gasteiger partial charge on any atom is -0.493 e. The molecule has 28 heavy (non-hydrogen) atoms. The van der Waals surface area contributed by atoms with E-state index in [9.17, 15) is 0 Å². The number of rotatable bonds is 10. The summed E-state index contributed by atoms with van der Waals surface area (Å²) in [4.78, 5) is 2.51. The molecule has 4 rings (SSSR count). The second-order valence-corrected chi connectivity index (χ2v) is 8.59. The summed E-state index contributed by atoms with van der Waals surface area (Å²) in [6, 6.07) is 14.9. The highest BCUT2D eigenvalue weighted by Gasteiger charge is 2.25. The summed E-state index contributed by atoms with van der Waals surface area (Å²) in [6.45, 7) is 1.98. The van der Waals surface area contributed by atoms with Crippen LogP contribution in [0.25, 0.3) is 22.2 Å². The lowest BCUT2D eigenvalue weighted by Crippen LogP contribution is -2.21. The van der Waals surface area contributed by atoms with Crippen LogP contribution in [-0.2, 0) is 0 Å². The molecule has 0 N–H and O–H groups in total. The molecule has 0 spiro atoms. The molecule has 1 fully saturated rings. The van der Waals surface area contributed by atoms with Gasteiger partial charge in [0.2, 0.25) is 0 Å². The highest BCUT2D eigenvalue weighted by Crippen LogP contribution is 2.31. The lowest BCUT2D eigenvalue weighted by atomic mass is 10.1. The first kappa shape index (κ1) is 19.5. The number of nitrogens with zero attached hydrogens (tertiary/aromatic N) is 2. The van der Waals surface area contributed by atoms with Gasteiger partial charge in [-0.3, -0.25) is 0 Å². The highest BCUT2D eigenvalue weighted by atomic mass is 79.9. The van der Waals surface area contributed by atoms with Gasteiger partial charge in [-0.2, -0.15) is 0 Å². The zero-order chi connectivity index (χ0) is 19.3. The van der Waals surface area contributed by atoms with Gasteiger partial charge in [0.25, 0.3) is 0 Å². The maximum absolute atomic E-state index is 5.92. The van der Waals surface area contributed by atoms with Crippen molar-refractivity contribution in [2.24, 2.45) is 0 Å². The van der Waals surface area contributed by atoms with Crippen LogP contribution in [0.5, 0.6) is 5.75 Å². The maximum atomic E-state index is 5.92. The molecule has 5 heteroatoms. The molecule has 0 aliphatic heterocycles. The smallest absolute Gasteiger partial charge is 0.171 e. The van der Waals surface area contributed by atoms with Gasteiger partial charge in [0, 0.05) is 27.5 Å². The molecule has 0 saturated heterocycles. The van der Waals surface area contributed by atoms with Crippen LogP contribution in [0.3, 0.4) is 0 Å². The molecule has 1 aliphatic carbocycles. The lowest BCUT2D eigenvalue weighted by Gasteiger charge is -2.14. The molecule has 0 radical (unpaired) electrons. The number of halogens is 1. The van der Waals surface area contributed by atoms with E-state index in [4.69, 9.17) is 9.26 Å². The Hall–Kier alpha value is -1.85. The molecule has 0 amide bonds. The van der Waals surface area contributed by atoms with Crippen LogP contribution in [0.2, 0.25) is 0 Å². The predicted molar refractivity (Wildman–Crippen MR) is 117 cm³/mol. The molecule has 3 aromatic rings. The fourth-order valence-electron chi connectivity index (χ4n) is 3.53. The molecule has 1 aromatic heterocycles. The Labute approximate surface area is 175 Å². The van der Waals surface area contributed by atoms with Crippen LogP contribution >= 0.6 is 15.9 Å². The Morgan fingerprint density at radius 3 is 2.64 bits per heavy atom. The van der Waals surface area contributed by atoms with Gasteiger partial charge in [-0.25, -0.2) is 0 Å². The Morgan fingerprint density at radius 2 is 1.86 bits per heavy atom. The van der Waals surface area contributed by atoms with E-state index >= 15 is 0 Å². The highest BCUT2D eigenvalue weighted by molar-refractivity contribution is 9.10. The number of fused-ring (bicyclic) bond motifs is 1. The molecule has 1 aliphatic rings. The molecule has 4 nitrogen and oxygen atoms in total. The van der Waals surface area contributed by atoms with Crippen molar-refractivity contribution >= 4 is 26.9 Å². The minimum absolute atomic E-state index is 0.748. The van der Waals surface area contributed by atoms with Crippen LogP contribution in [0.1, 0.15) is 38.5 Å². The topological polar surface area (TPSA) is 38.5 Å². The van der Waals surface area contributed by atoms with Gasteiger partial charge in [-0.1, -0.05) is 46.1 Å². The summed E-state index contributed by atoms with van der Waals surface area (Å²) in [5.74, 6) is 0.847. The van der Waals surface area contributed by atoms with Gasteiger partial charge in [0.15, 0.2) is 5.58 Å². The summed E-state index contributed by atoms with van der Waals surface area (Å²) in [5.41, 5.74) is 2.67. The van der Waals surface area contributed by atoms with Gasteiger partial charge in [0.05, 0.1) is 6.61 Å². The van der Waals surface area contributed by atoms with E-state index < -0.39 is 0 Å². The van der Waals surface area contributed by atoms with Crippen LogP contribution in [0, 0.1) is 0 Å². The fourth-order valence-corrected chi connectivity index (χ4v) is 3.79. The van der Waals surface area contributed by atoms with Crippen molar-refractivity contribution in [1.29, 1.82) is 0 Å². The SMILES string of the molecule is CN(CCCCCCOc1ccc2c(-c3ccc(Br)cc3)noc2c1)C1CC1. The van der Waals surface area contributed by atoms with Crippen LogP contribution < -0.4 is 4.74 Å². The summed E-state index contributed by atoms with van der Waals surface area (Å²) in [5, 5.41) is 5.26. The summed E-state index contributed by atoms with van der Waals surface area (Å²) >= 11 is 3.46. The monoisotopic (exact) mass is 442 g/mol. The van der Waals surface area contributed by atoms with Crippen molar-refractivity contribution in [3.8, 4) is 17.0 Å². The summed E-state index contributed by atoms with van der Waals surface area (Å²) < 4.78 is 12.5. The third-order valence-electron chi connectivity index (χ3n) is 5.41. The van der Waals surface area contributed by atoms with E-state index in [0.29, 0.717) is 0 Å². The fraction of sp³-hybridized carbons (Fsp3) is 0.435. The van der Waals surface area contributed by atoms with Crippen molar-refractivity contribution in [2.45, 2.75) is 44.6 Å². The van der Waals surface area contributed by atoms with E-state index in [1.807, 2.05) is 42.5 Å². The van der Waals surface area contributed by atoms with E-state index in [0.717, 1.165) is 51.5 Å². The maximum Gasteiger partial charge on any atom is 0.171 e. The second kappa shape index (κ2) is 9.10. The summed E-state index contributed by atoms with van der Waals surface area (Å²) in [6.07, 6.45) is 7.66. The third kappa shape index (κ3) is 4.95. The first-order valence-electron chi connectivity index (χ1n) is 10.2. The zero-order valence-corrected chi connectivity index (χ0v) is 18.0. The van der Waals surface area contributed by atoms with Gasteiger partial charge in [-0.15, -0.1) is 0 Å². The Bertz CT molecular complexity index is 903. The predicted octanol–water partition coefficient (Wildman–Crippen LogP) is 6.29. The number of aromatic nitrogens is 1. The van der Waals surface area contributed by atoms with E-state index in [2.05, 4.69) is 33.0 Å². The van der Waals surface area contributed by atoms with Crippen molar-refractivity contribution in [1.82, 2.24) is 10.1 Å². The van der Waals surface area contributed by atoms with Crippen LogP contribution in [-0.4, -0.2) is 36.3 Å². The normalized spacial score (nSPS) is 14.1. The zero-order valence-electron chi connectivity index (χ0n) is 16.4. The van der Waals surface area contributed by atoms with Gasteiger partial charge in [0.1, 0.15) is 11.4 Å². The number of benzene rings is 2. The largest absolute Gasteiger partial charge is 0.493 e. The van der Waals surface area contributed by atoms with Crippen LogP contribution in [0.15, 0.2) is 51.5 Å². The second-order valence-electron chi connectivity index (χ2n) is 7.67. The number of hydrogen-bond acceptors (Lipinski definition) is 4. The molecular weight excluding hydrogens is 416 g/mol. The minimum atomic E-state index is 0.748.